The topological polar surface area (TPSA) is 17.8 Å². The van der Waals surface area contributed by atoms with Crippen LogP contribution < -0.4 is 10.6 Å². The van der Waals surface area contributed by atoms with Crippen LogP contribution in [-0.2, 0) is 6.54 Å². The van der Waals surface area contributed by atoms with E-state index in [-0.39, 0.29) is 0 Å². The van der Waals surface area contributed by atoms with Gasteiger partial charge in [0.25, 0.3) is 0 Å². The quantitative estimate of drug-likeness (QED) is 0.305. The highest BCUT2D eigenvalue weighted by Gasteiger charge is 2.28. The number of nitrogens with zero attached hydrogens (tertiary/aromatic N) is 2. The Hall–Kier alpha value is -2.70. The number of fused-ring (bicyclic) bond motifs is 1. The first-order valence-electron chi connectivity index (χ1n) is 12.0. The smallest absolute Gasteiger partial charge is 0.112 e. The van der Waals surface area contributed by atoms with Crippen LogP contribution >= 0.6 is 7.92 Å². The van der Waals surface area contributed by atoms with Crippen molar-refractivity contribution in [1.82, 2.24) is 9.55 Å². The maximum atomic E-state index is 5.19. The van der Waals surface area contributed by atoms with E-state index in [1.54, 1.807) is 0 Å². The van der Waals surface area contributed by atoms with Gasteiger partial charge in [0.1, 0.15) is 5.82 Å². The van der Waals surface area contributed by atoms with Crippen LogP contribution in [0.3, 0.4) is 0 Å². The first kappa shape index (κ1) is 22.1. The molecule has 0 aliphatic carbocycles. The third kappa shape index (κ3) is 4.82. The molecule has 0 fully saturated rings. The third-order valence-electron chi connectivity index (χ3n) is 6.63. The van der Waals surface area contributed by atoms with Gasteiger partial charge in [-0.05, 0) is 65.2 Å². The summed E-state index contributed by atoms with van der Waals surface area (Å²) >= 11 is 0. The second-order valence-electron chi connectivity index (χ2n) is 9.69. The molecule has 5 rings (SSSR count). The minimum Gasteiger partial charge on any atom is -0.334 e. The fourth-order valence-corrected chi connectivity index (χ4v) is 8.23. The number of benzene rings is 3. The number of aryl methyl sites for hydroxylation is 5. The molecule has 1 aliphatic heterocycles. The molecule has 0 amide bonds. The highest BCUT2D eigenvalue weighted by Crippen LogP contribution is 2.43. The number of hydrogen-bond acceptors (Lipinski definition) is 1. The van der Waals surface area contributed by atoms with Crippen LogP contribution in [0.25, 0.3) is 11.3 Å². The van der Waals surface area contributed by atoms with Gasteiger partial charge in [0.2, 0.25) is 0 Å². The molecule has 1 aliphatic rings. The average molecular weight is 453 g/mol. The molecule has 2 nitrogen and oxygen atoms in total. The Kier molecular flexibility index (Phi) is 6.21. The van der Waals surface area contributed by atoms with E-state index in [1.165, 1.54) is 57.1 Å². The molecular formula is C30H33N2P. The number of hydrogen-bond donors (Lipinski definition) is 0. The standard InChI is InChI=1S/C30H33N2P/c1-21-13-22(2)16-27(15-21)33(28-17-23(3)14-24(4)18-28)20-26-11-8-12-32-19-29(31-30(26)32)25-9-6-5-7-10-25/h5-7,9-10,13-19,26H,8,11-12,20H2,1-4H3/t26-/m1/s1. The molecule has 33 heavy (non-hydrogen) atoms. The highest BCUT2D eigenvalue weighted by molar-refractivity contribution is 7.73. The molecular weight excluding hydrogens is 419 g/mol. The van der Waals surface area contributed by atoms with Crippen LogP contribution in [0.2, 0.25) is 0 Å². The van der Waals surface area contributed by atoms with Gasteiger partial charge >= 0.3 is 0 Å². The normalized spacial score (nSPS) is 15.6. The lowest BCUT2D eigenvalue weighted by Gasteiger charge is -2.29. The van der Waals surface area contributed by atoms with Gasteiger partial charge in [0.15, 0.2) is 0 Å². The van der Waals surface area contributed by atoms with Crippen molar-refractivity contribution in [3.63, 3.8) is 0 Å². The molecule has 0 spiro atoms. The van der Waals surface area contributed by atoms with Gasteiger partial charge in [-0.15, -0.1) is 0 Å². The zero-order valence-corrected chi connectivity index (χ0v) is 21.1. The zero-order chi connectivity index (χ0) is 22.9. The van der Waals surface area contributed by atoms with Crippen molar-refractivity contribution in [2.45, 2.75) is 53.0 Å². The predicted octanol–water partition coefficient (Wildman–Crippen LogP) is 6.79. The molecule has 2 heterocycles. The summed E-state index contributed by atoms with van der Waals surface area (Å²) < 4.78 is 2.42. The lowest BCUT2D eigenvalue weighted by Crippen LogP contribution is -2.23. The van der Waals surface area contributed by atoms with Crippen molar-refractivity contribution >= 4 is 18.5 Å². The van der Waals surface area contributed by atoms with E-state index < -0.39 is 7.92 Å². The molecule has 168 valence electrons. The van der Waals surface area contributed by atoms with Crippen LogP contribution in [0.5, 0.6) is 0 Å². The second-order valence-corrected chi connectivity index (χ2v) is 11.9. The zero-order valence-electron chi connectivity index (χ0n) is 20.2. The molecule has 0 N–H and O–H groups in total. The Labute approximate surface area is 199 Å². The Morgan fingerprint density at radius 2 is 1.39 bits per heavy atom. The monoisotopic (exact) mass is 452 g/mol. The van der Waals surface area contributed by atoms with Crippen molar-refractivity contribution in [2.24, 2.45) is 0 Å². The molecule has 0 radical (unpaired) electrons. The summed E-state index contributed by atoms with van der Waals surface area (Å²) in [6.45, 7) is 9.99. The van der Waals surface area contributed by atoms with Gasteiger partial charge in [0, 0.05) is 24.2 Å². The molecule has 4 aromatic rings. The summed E-state index contributed by atoms with van der Waals surface area (Å²) in [5.74, 6) is 1.77. The number of imidazole rings is 1. The Morgan fingerprint density at radius 3 is 1.97 bits per heavy atom. The lowest BCUT2D eigenvalue weighted by molar-refractivity contribution is 0.467. The van der Waals surface area contributed by atoms with E-state index in [2.05, 4.69) is 105 Å². The maximum absolute atomic E-state index is 5.19. The molecule has 1 aromatic heterocycles. The van der Waals surface area contributed by atoms with Crippen LogP contribution in [0.1, 0.15) is 46.8 Å². The Balaban J connectivity index is 1.55. The van der Waals surface area contributed by atoms with Crippen LogP contribution in [0, 0.1) is 27.7 Å². The molecule has 3 heteroatoms. The number of rotatable bonds is 5. The molecule has 0 unspecified atom stereocenters. The average Bonchev–Trinajstić information content (AvgIpc) is 3.22. The van der Waals surface area contributed by atoms with Gasteiger partial charge < -0.3 is 4.57 Å². The van der Waals surface area contributed by atoms with Crippen molar-refractivity contribution in [2.75, 3.05) is 6.16 Å². The van der Waals surface area contributed by atoms with Gasteiger partial charge in [-0.3, -0.25) is 0 Å². The number of aromatic nitrogens is 2. The largest absolute Gasteiger partial charge is 0.334 e. The molecule has 1 atom stereocenters. The van der Waals surface area contributed by atoms with E-state index in [1.807, 2.05) is 0 Å². The summed E-state index contributed by atoms with van der Waals surface area (Å²) in [6.07, 6.45) is 5.88. The van der Waals surface area contributed by atoms with E-state index in [0.29, 0.717) is 5.92 Å². The first-order chi connectivity index (χ1) is 16.0. The Morgan fingerprint density at radius 1 is 0.818 bits per heavy atom. The fourth-order valence-electron chi connectivity index (χ4n) is 5.29. The van der Waals surface area contributed by atoms with Gasteiger partial charge in [-0.25, -0.2) is 4.98 Å². The summed E-state index contributed by atoms with van der Waals surface area (Å²) in [6, 6.07) is 24.9. The van der Waals surface area contributed by atoms with E-state index in [0.717, 1.165) is 18.4 Å². The van der Waals surface area contributed by atoms with Gasteiger partial charge in [-0.2, -0.15) is 0 Å². The fraction of sp³-hybridized carbons (Fsp3) is 0.300. The van der Waals surface area contributed by atoms with Gasteiger partial charge in [-0.1, -0.05) is 89.0 Å². The lowest BCUT2D eigenvalue weighted by atomic mass is 10.0. The SMILES string of the molecule is Cc1cc(C)cc(P(C[C@H]2CCCn3cc(-c4ccccc4)nc32)c2cc(C)cc(C)c2)c1. The van der Waals surface area contributed by atoms with Crippen LogP contribution in [0.15, 0.2) is 72.9 Å². The molecule has 0 saturated carbocycles. The second kappa shape index (κ2) is 9.27. The third-order valence-corrected chi connectivity index (χ3v) is 9.20. The van der Waals surface area contributed by atoms with Crippen LogP contribution in [0.4, 0.5) is 0 Å². The maximum Gasteiger partial charge on any atom is 0.112 e. The summed E-state index contributed by atoms with van der Waals surface area (Å²) in [7, 11) is -0.461. The highest BCUT2D eigenvalue weighted by atomic mass is 31.1. The van der Waals surface area contributed by atoms with E-state index in [4.69, 9.17) is 4.98 Å². The minimum absolute atomic E-state index is 0.461. The van der Waals surface area contributed by atoms with Crippen molar-refractivity contribution in [3.8, 4) is 11.3 Å². The van der Waals surface area contributed by atoms with Crippen molar-refractivity contribution in [3.05, 3.63) is 101 Å². The van der Waals surface area contributed by atoms with E-state index in [9.17, 15) is 0 Å². The Bertz CT molecular complexity index is 1180. The minimum atomic E-state index is -0.461. The predicted molar refractivity (Wildman–Crippen MR) is 143 cm³/mol. The van der Waals surface area contributed by atoms with Crippen molar-refractivity contribution in [1.29, 1.82) is 0 Å². The van der Waals surface area contributed by atoms with E-state index >= 15 is 0 Å². The van der Waals surface area contributed by atoms with Crippen molar-refractivity contribution < 1.29 is 0 Å². The summed E-state index contributed by atoms with van der Waals surface area (Å²) in [4.78, 5) is 5.19. The molecule has 0 bridgehead atoms. The first-order valence-corrected chi connectivity index (χ1v) is 13.6. The summed E-state index contributed by atoms with van der Waals surface area (Å²) in [5, 5.41) is 3.00. The summed E-state index contributed by atoms with van der Waals surface area (Å²) in [5.41, 5.74) is 7.76. The van der Waals surface area contributed by atoms with Gasteiger partial charge in [0.05, 0.1) is 5.69 Å². The molecule has 3 aromatic carbocycles. The molecule has 0 saturated heterocycles. The van der Waals surface area contributed by atoms with Crippen LogP contribution in [-0.4, -0.2) is 15.7 Å².